The molecular weight excluding hydrogens is 256 g/mol. The number of hydrogen-bond acceptors (Lipinski definition) is 5. The lowest BCUT2D eigenvalue weighted by molar-refractivity contribution is -0.0592. The van der Waals surface area contributed by atoms with Gasteiger partial charge in [0.25, 0.3) is 0 Å². The van der Waals surface area contributed by atoms with Gasteiger partial charge < -0.3 is 15.7 Å². The van der Waals surface area contributed by atoms with Crippen molar-refractivity contribution in [3.63, 3.8) is 0 Å². The third kappa shape index (κ3) is 3.26. The third-order valence-electron chi connectivity index (χ3n) is 3.67. The molecule has 0 saturated carbocycles. The van der Waals surface area contributed by atoms with E-state index < -0.39 is 0 Å². The van der Waals surface area contributed by atoms with E-state index in [2.05, 4.69) is 28.9 Å². The number of oxime groups is 1. The number of ether oxygens (including phenoxy) is 1. The van der Waals surface area contributed by atoms with Crippen LogP contribution >= 0.6 is 0 Å². The van der Waals surface area contributed by atoms with Gasteiger partial charge in [-0.2, -0.15) is 0 Å². The van der Waals surface area contributed by atoms with E-state index in [-0.39, 0.29) is 11.9 Å². The predicted molar refractivity (Wildman–Crippen MR) is 76.7 cm³/mol. The normalized spacial score (nSPS) is 24.8. The van der Waals surface area contributed by atoms with Crippen LogP contribution in [0, 0.1) is 0 Å². The van der Waals surface area contributed by atoms with Gasteiger partial charge in [-0.15, -0.1) is 0 Å². The van der Waals surface area contributed by atoms with E-state index >= 15 is 0 Å². The topological polar surface area (TPSA) is 84.0 Å². The largest absolute Gasteiger partial charge is 0.409 e. The minimum Gasteiger partial charge on any atom is -0.409 e. The highest BCUT2D eigenvalue weighted by Crippen LogP contribution is 2.18. The fourth-order valence-corrected chi connectivity index (χ4v) is 2.55. The molecule has 0 bridgehead atoms. The lowest BCUT2D eigenvalue weighted by Gasteiger charge is -2.38. The fraction of sp³-hybridized carbons (Fsp3) is 0.571. The first-order chi connectivity index (χ1) is 9.65. The highest BCUT2D eigenvalue weighted by Gasteiger charge is 2.26. The standard InChI is InChI=1S/C14H22N4O2/c1-3-12-9-20-10(2)7-18(12)8-11-5-4-6-16-13(11)14(15)17-19/h4-6,10,12,19H,3,7-9H2,1-2H3,(H2,15,17). The van der Waals surface area contributed by atoms with Gasteiger partial charge in [0.15, 0.2) is 5.84 Å². The Labute approximate surface area is 119 Å². The molecule has 110 valence electrons. The van der Waals surface area contributed by atoms with Crippen molar-refractivity contribution in [1.82, 2.24) is 9.88 Å². The van der Waals surface area contributed by atoms with Crippen molar-refractivity contribution in [3.8, 4) is 0 Å². The Hall–Kier alpha value is -1.66. The average Bonchev–Trinajstić information content (AvgIpc) is 2.47. The van der Waals surface area contributed by atoms with E-state index in [4.69, 9.17) is 15.7 Å². The summed E-state index contributed by atoms with van der Waals surface area (Å²) in [6.45, 7) is 6.59. The minimum atomic E-state index is 0.0509. The summed E-state index contributed by atoms with van der Waals surface area (Å²) in [7, 11) is 0. The Morgan fingerprint density at radius 1 is 1.65 bits per heavy atom. The van der Waals surface area contributed by atoms with Gasteiger partial charge in [-0.05, 0) is 25.0 Å². The van der Waals surface area contributed by atoms with Gasteiger partial charge in [0, 0.05) is 25.3 Å². The molecule has 0 amide bonds. The fourth-order valence-electron chi connectivity index (χ4n) is 2.55. The number of morpholine rings is 1. The summed E-state index contributed by atoms with van der Waals surface area (Å²) in [4.78, 5) is 6.59. The molecule has 2 atom stereocenters. The van der Waals surface area contributed by atoms with Gasteiger partial charge in [-0.3, -0.25) is 9.88 Å². The second-order valence-electron chi connectivity index (χ2n) is 5.13. The maximum absolute atomic E-state index is 8.85. The molecule has 0 spiro atoms. The van der Waals surface area contributed by atoms with E-state index in [1.165, 1.54) is 0 Å². The Bertz CT molecular complexity index is 478. The van der Waals surface area contributed by atoms with Gasteiger partial charge in [0.1, 0.15) is 5.69 Å². The molecule has 1 aromatic rings. The lowest BCUT2D eigenvalue weighted by atomic mass is 10.1. The first kappa shape index (κ1) is 14.7. The number of aromatic nitrogens is 1. The van der Waals surface area contributed by atoms with E-state index in [9.17, 15) is 0 Å². The molecule has 2 heterocycles. The molecule has 1 aliphatic heterocycles. The molecule has 0 aromatic carbocycles. The summed E-state index contributed by atoms with van der Waals surface area (Å²) in [6, 6.07) is 4.23. The van der Waals surface area contributed by atoms with Crippen molar-refractivity contribution in [2.75, 3.05) is 13.2 Å². The number of amidine groups is 1. The molecular formula is C14H22N4O2. The molecule has 1 saturated heterocycles. The van der Waals surface area contributed by atoms with Crippen LogP contribution in [-0.2, 0) is 11.3 Å². The second-order valence-corrected chi connectivity index (χ2v) is 5.13. The number of rotatable bonds is 4. The first-order valence-corrected chi connectivity index (χ1v) is 6.93. The zero-order valence-electron chi connectivity index (χ0n) is 12.0. The lowest BCUT2D eigenvalue weighted by Crippen LogP contribution is -2.48. The smallest absolute Gasteiger partial charge is 0.189 e. The molecule has 2 rings (SSSR count). The maximum atomic E-state index is 8.85. The molecule has 20 heavy (non-hydrogen) atoms. The predicted octanol–water partition coefficient (Wildman–Crippen LogP) is 1.18. The van der Waals surface area contributed by atoms with Crippen LogP contribution in [-0.4, -0.2) is 46.2 Å². The SMILES string of the molecule is CCC1COC(C)CN1Cc1cccnc1C(N)=NO. The average molecular weight is 278 g/mol. The molecule has 2 unspecified atom stereocenters. The molecule has 0 radical (unpaired) electrons. The van der Waals surface area contributed by atoms with Gasteiger partial charge in [0.05, 0.1) is 12.7 Å². The highest BCUT2D eigenvalue weighted by atomic mass is 16.5. The molecule has 1 aromatic heterocycles. The molecule has 3 N–H and O–H groups in total. The second kappa shape index (κ2) is 6.67. The van der Waals surface area contributed by atoms with E-state index in [1.54, 1.807) is 6.20 Å². The van der Waals surface area contributed by atoms with Gasteiger partial charge in [0.2, 0.25) is 0 Å². The monoisotopic (exact) mass is 278 g/mol. The van der Waals surface area contributed by atoms with Crippen LogP contribution in [0.5, 0.6) is 0 Å². The van der Waals surface area contributed by atoms with Crippen molar-refractivity contribution >= 4 is 5.84 Å². The highest BCUT2D eigenvalue weighted by molar-refractivity contribution is 5.96. The van der Waals surface area contributed by atoms with E-state index in [0.29, 0.717) is 11.7 Å². The summed E-state index contributed by atoms with van der Waals surface area (Å²) >= 11 is 0. The van der Waals surface area contributed by atoms with Crippen molar-refractivity contribution in [1.29, 1.82) is 0 Å². The molecule has 6 heteroatoms. The van der Waals surface area contributed by atoms with Crippen LogP contribution in [0.1, 0.15) is 31.5 Å². The van der Waals surface area contributed by atoms with Crippen LogP contribution < -0.4 is 5.73 Å². The van der Waals surface area contributed by atoms with E-state index in [0.717, 1.165) is 31.7 Å². The van der Waals surface area contributed by atoms with Crippen LogP contribution in [0.3, 0.4) is 0 Å². The van der Waals surface area contributed by atoms with Crippen LogP contribution in [0.15, 0.2) is 23.5 Å². The number of pyridine rings is 1. The Morgan fingerprint density at radius 2 is 2.45 bits per heavy atom. The quantitative estimate of drug-likeness (QED) is 0.374. The van der Waals surface area contributed by atoms with Gasteiger partial charge in [-0.1, -0.05) is 18.1 Å². The molecule has 6 nitrogen and oxygen atoms in total. The van der Waals surface area contributed by atoms with Crippen LogP contribution in [0.25, 0.3) is 0 Å². The summed E-state index contributed by atoms with van der Waals surface area (Å²) in [5, 5.41) is 11.9. The Balaban J connectivity index is 2.20. The van der Waals surface area contributed by atoms with Crippen molar-refractivity contribution in [3.05, 3.63) is 29.6 Å². The molecule has 0 aliphatic carbocycles. The molecule has 1 fully saturated rings. The Kier molecular flexibility index (Phi) is 4.92. The summed E-state index contributed by atoms with van der Waals surface area (Å²) in [6.07, 6.45) is 2.91. The number of nitrogens with zero attached hydrogens (tertiary/aromatic N) is 3. The van der Waals surface area contributed by atoms with Crippen LogP contribution in [0.2, 0.25) is 0 Å². The van der Waals surface area contributed by atoms with Crippen molar-refractivity contribution < 1.29 is 9.94 Å². The summed E-state index contributed by atoms with van der Waals surface area (Å²) in [5.41, 5.74) is 7.20. The van der Waals surface area contributed by atoms with Gasteiger partial charge >= 0.3 is 0 Å². The third-order valence-corrected chi connectivity index (χ3v) is 3.67. The van der Waals surface area contributed by atoms with Gasteiger partial charge in [-0.25, -0.2) is 0 Å². The van der Waals surface area contributed by atoms with Crippen molar-refractivity contribution in [2.24, 2.45) is 10.9 Å². The van der Waals surface area contributed by atoms with Crippen LogP contribution in [0.4, 0.5) is 0 Å². The number of nitrogens with two attached hydrogens (primary N) is 1. The first-order valence-electron chi connectivity index (χ1n) is 6.93. The maximum Gasteiger partial charge on any atom is 0.189 e. The number of hydrogen-bond donors (Lipinski definition) is 2. The summed E-state index contributed by atoms with van der Waals surface area (Å²) < 4.78 is 5.70. The van der Waals surface area contributed by atoms with Crippen molar-refractivity contribution in [2.45, 2.75) is 39.0 Å². The summed E-state index contributed by atoms with van der Waals surface area (Å²) in [5.74, 6) is 0.0509. The zero-order valence-corrected chi connectivity index (χ0v) is 12.0. The molecule has 1 aliphatic rings. The minimum absolute atomic E-state index is 0.0509. The zero-order chi connectivity index (χ0) is 14.5. The Morgan fingerprint density at radius 3 is 3.15 bits per heavy atom. The van der Waals surface area contributed by atoms with E-state index in [1.807, 2.05) is 12.1 Å².